The van der Waals surface area contributed by atoms with Crippen molar-refractivity contribution in [2.75, 3.05) is 18.9 Å². The van der Waals surface area contributed by atoms with E-state index in [1.165, 1.54) is 6.08 Å². The lowest BCUT2D eigenvalue weighted by Crippen LogP contribution is -2.46. The zero-order valence-corrected chi connectivity index (χ0v) is 15.2. The van der Waals surface area contributed by atoms with Gasteiger partial charge >= 0.3 is 0 Å². The molecule has 6 N–H and O–H groups in total. The van der Waals surface area contributed by atoms with Gasteiger partial charge in [-0.3, -0.25) is 4.79 Å². The molecule has 0 radical (unpaired) electrons. The largest absolute Gasteiger partial charge is 0.507 e. The number of benzene rings is 1. The van der Waals surface area contributed by atoms with Gasteiger partial charge in [-0.05, 0) is 37.3 Å². The summed E-state index contributed by atoms with van der Waals surface area (Å²) in [7, 11) is 0. The number of nitrogens with zero attached hydrogens (tertiary/aromatic N) is 1. The minimum Gasteiger partial charge on any atom is -0.507 e. The summed E-state index contributed by atoms with van der Waals surface area (Å²) in [5, 5.41) is 9.97. The number of ether oxygens (including phenoxy) is 1. The number of aromatic amines is 1. The molecular weight excluding hydrogens is 344 g/mol. The van der Waals surface area contributed by atoms with Crippen molar-refractivity contribution in [1.29, 1.82) is 0 Å². The lowest BCUT2D eigenvalue weighted by Gasteiger charge is -2.38. The second-order valence-electron chi connectivity index (χ2n) is 6.47. The molecule has 0 bridgehead atoms. The normalized spacial score (nSPS) is 20.5. The topological polar surface area (TPSA) is 118 Å². The molecule has 27 heavy (non-hydrogen) atoms. The third-order valence-electron chi connectivity index (χ3n) is 4.70. The predicted octanol–water partition coefficient (Wildman–Crippen LogP) is 2.23. The van der Waals surface area contributed by atoms with Crippen LogP contribution in [0, 0.1) is 0 Å². The quantitative estimate of drug-likeness (QED) is 0.617. The molecule has 7 heteroatoms. The van der Waals surface area contributed by atoms with Crippen molar-refractivity contribution in [3.05, 3.63) is 59.8 Å². The Balaban J connectivity index is 1.95. The number of nitrogen functional groups attached to an aromatic ring is 1. The Morgan fingerprint density at radius 2 is 2.19 bits per heavy atom. The summed E-state index contributed by atoms with van der Waals surface area (Å²) in [6.45, 7) is 6.44. The van der Waals surface area contributed by atoms with Crippen molar-refractivity contribution in [1.82, 2.24) is 9.88 Å². The number of nitrogens with two attached hydrogens (primary N) is 2. The fourth-order valence-electron chi connectivity index (χ4n) is 3.36. The van der Waals surface area contributed by atoms with Crippen LogP contribution in [0.4, 0.5) is 5.82 Å². The molecule has 1 aliphatic heterocycles. The number of amides is 1. The summed E-state index contributed by atoms with van der Waals surface area (Å²) in [5.74, 6) is 0.360. The van der Waals surface area contributed by atoms with E-state index >= 15 is 0 Å². The van der Waals surface area contributed by atoms with E-state index in [1.54, 1.807) is 35.2 Å². The van der Waals surface area contributed by atoms with Gasteiger partial charge in [0.05, 0.1) is 18.8 Å². The first-order valence-electron chi connectivity index (χ1n) is 8.71. The van der Waals surface area contributed by atoms with Gasteiger partial charge in [0.1, 0.15) is 11.6 Å². The molecule has 0 saturated carbocycles. The van der Waals surface area contributed by atoms with Crippen LogP contribution in [-0.4, -0.2) is 40.2 Å². The van der Waals surface area contributed by atoms with Crippen LogP contribution in [0.1, 0.15) is 29.8 Å². The maximum Gasteiger partial charge on any atom is 0.246 e. The molecule has 3 rings (SSSR count). The molecule has 1 fully saturated rings. The standard InChI is InChI=1S/C20H24N4O3/c1-3-18(26)24-8-9-27-12(2)19(24)16-11-13(20(22)23-16)10-15(21)14-6-4-5-7-17(14)25/h3-7,10-12,19,23,25H,1,8-9,21-22H2,2H3/b15-10-/t12-,19?/m0/s1. The Morgan fingerprint density at radius 3 is 2.89 bits per heavy atom. The minimum absolute atomic E-state index is 0.0950. The van der Waals surface area contributed by atoms with Gasteiger partial charge in [-0.2, -0.15) is 0 Å². The van der Waals surface area contributed by atoms with Crippen LogP contribution in [-0.2, 0) is 9.53 Å². The van der Waals surface area contributed by atoms with Crippen molar-refractivity contribution in [3.63, 3.8) is 0 Å². The number of carbonyl (C=O) groups excluding carboxylic acids is 1. The molecule has 1 aromatic heterocycles. The molecule has 2 atom stereocenters. The third-order valence-corrected chi connectivity index (χ3v) is 4.70. The summed E-state index contributed by atoms with van der Waals surface area (Å²) in [6.07, 6.45) is 2.79. The summed E-state index contributed by atoms with van der Waals surface area (Å²) in [5.41, 5.74) is 14.6. The minimum atomic E-state index is -0.306. The van der Waals surface area contributed by atoms with E-state index in [1.807, 2.05) is 13.0 Å². The number of aromatic hydroxyl groups is 1. The van der Waals surface area contributed by atoms with Gasteiger partial charge in [-0.15, -0.1) is 0 Å². The maximum absolute atomic E-state index is 12.2. The maximum atomic E-state index is 12.2. The monoisotopic (exact) mass is 368 g/mol. The highest BCUT2D eigenvalue weighted by atomic mass is 16.5. The number of carbonyl (C=O) groups is 1. The first-order valence-corrected chi connectivity index (χ1v) is 8.71. The summed E-state index contributed by atoms with van der Waals surface area (Å²) in [6, 6.07) is 8.36. The number of anilines is 1. The van der Waals surface area contributed by atoms with Crippen LogP contribution in [0.15, 0.2) is 43.0 Å². The van der Waals surface area contributed by atoms with Gasteiger partial charge in [-0.1, -0.05) is 18.7 Å². The molecule has 1 saturated heterocycles. The zero-order valence-electron chi connectivity index (χ0n) is 15.2. The van der Waals surface area contributed by atoms with Gasteiger partial charge in [0.25, 0.3) is 0 Å². The number of phenols is 1. The fourth-order valence-corrected chi connectivity index (χ4v) is 3.36. The summed E-state index contributed by atoms with van der Waals surface area (Å²) < 4.78 is 5.72. The average molecular weight is 368 g/mol. The molecule has 1 aromatic carbocycles. The van der Waals surface area contributed by atoms with E-state index in [0.717, 1.165) is 5.69 Å². The van der Waals surface area contributed by atoms with Gasteiger partial charge < -0.3 is 31.2 Å². The van der Waals surface area contributed by atoms with Gasteiger partial charge in [-0.25, -0.2) is 0 Å². The molecule has 1 aliphatic rings. The molecule has 1 unspecified atom stereocenters. The van der Waals surface area contributed by atoms with E-state index in [-0.39, 0.29) is 23.8 Å². The number of H-pyrrole nitrogens is 1. The van der Waals surface area contributed by atoms with E-state index < -0.39 is 0 Å². The second-order valence-corrected chi connectivity index (χ2v) is 6.47. The summed E-state index contributed by atoms with van der Waals surface area (Å²) in [4.78, 5) is 17.1. The molecule has 142 valence electrons. The number of rotatable bonds is 4. The van der Waals surface area contributed by atoms with E-state index in [4.69, 9.17) is 16.2 Å². The first kappa shape index (κ1) is 18.6. The van der Waals surface area contributed by atoms with E-state index in [0.29, 0.717) is 35.8 Å². The number of hydrogen-bond donors (Lipinski definition) is 4. The van der Waals surface area contributed by atoms with Crippen molar-refractivity contribution in [2.45, 2.75) is 19.1 Å². The van der Waals surface area contributed by atoms with Crippen LogP contribution >= 0.6 is 0 Å². The summed E-state index contributed by atoms with van der Waals surface area (Å²) >= 11 is 0. The number of phenolic OH excluding ortho intramolecular Hbond substituents is 1. The van der Waals surface area contributed by atoms with Gasteiger partial charge in [0.15, 0.2) is 0 Å². The Hall–Kier alpha value is -3.19. The van der Waals surface area contributed by atoms with Gasteiger partial charge in [0, 0.05) is 29.1 Å². The first-order chi connectivity index (χ1) is 12.9. The van der Waals surface area contributed by atoms with E-state index in [2.05, 4.69) is 11.6 Å². The number of hydrogen-bond acceptors (Lipinski definition) is 5. The number of para-hydroxylation sites is 1. The number of aromatic nitrogens is 1. The Morgan fingerprint density at radius 1 is 1.44 bits per heavy atom. The lowest BCUT2D eigenvalue weighted by atomic mass is 10.0. The Kier molecular flexibility index (Phi) is 5.23. The fraction of sp³-hybridized carbons (Fsp3) is 0.250. The Labute approximate surface area is 157 Å². The smallest absolute Gasteiger partial charge is 0.246 e. The van der Waals surface area contributed by atoms with E-state index in [9.17, 15) is 9.90 Å². The molecule has 0 aliphatic carbocycles. The third kappa shape index (κ3) is 3.68. The highest BCUT2D eigenvalue weighted by Crippen LogP contribution is 2.32. The zero-order chi connectivity index (χ0) is 19.6. The molecule has 0 spiro atoms. The lowest BCUT2D eigenvalue weighted by molar-refractivity contribution is -0.140. The molecule has 2 aromatic rings. The molecule has 1 amide bonds. The van der Waals surface area contributed by atoms with Gasteiger partial charge in [0.2, 0.25) is 5.91 Å². The highest BCUT2D eigenvalue weighted by molar-refractivity contribution is 5.88. The van der Waals surface area contributed by atoms with Crippen LogP contribution in [0.2, 0.25) is 0 Å². The van der Waals surface area contributed by atoms with Crippen LogP contribution in [0.3, 0.4) is 0 Å². The number of morpholine rings is 1. The molecule has 7 nitrogen and oxygen atoms in total. The molecule has 2 heterocycles. The average Bonchev–Trinajstić information content (AvgIpc) is 3.01. The van der Waals surface area contributed by atoms with Crippen LogP contribution in [0.5, 0.6) is 5.75 Å². The van der Waals surface area contributed by atoms with Crippen molar-refractivity contribution in [2.24, 2.45) is 5.73 Å². The van der Waals surface area contributed by atoms with Crippen molar-refractivity contribution in [3.8, 4) is 5.75 Å². The SMILES string of the molecule is C=CC(=O)N1CCO[C@@H](C)C1c1cc(/C=C(\N)c2ccccc2O)c(N)[nH]1. The van der Waals surface area contributed by atoms with Crippen LogP contribution < -0.4 is 11.5 Å². The second kappa shape index (κ2) is 7.59. The van der Waals surface area contributed by atoms with Crippen molar-refractivity contribution < 1.29 is 14.6 Å². The highest BCUT2D eigenvalue weighted by Gasteiger charge is 2.34. The Bertz CT molecular complexity index is 887. The number of nitrogens with one attached hydrogen (secondary N) is 1. The van der Waals surface area contributed by atoms with Crippen LogP contribution in [0.25, 0.3) is 11.8 Å². The molecular formula is C20H24N4O3. The van der Waals surface area contributed by atoms with Crippen molar-refractivity contribution >= 4 is 23.5 Å². The predicted molar refractivity (Wildman–Crippen MR) is 105 cm³/mol.